The molecule has 0 bridgehead atoms. The van der Waals surface area contributed by atoms with E-state index >= 15 is 0 Å². The number of hydrogen-bond donors (Lipinski definition) is 1. The predicted octanol–water partition coefficient (Wildman–Crippen LogP) is 3.23. The molecule has 1 aliphatic carbocycles. The van der Waals surface area contributed by atoms with Crippen molar-refractivity contribution in [1.82, 2.24) is 29.7 Å². The van der Waals surface area contributed by atoms with Crippen LogP contribution in [-0.2, 0) is 12.7 Å². The lowest BCUT2D eigenvalue weighted by Crippen LogP contribution is -2.26. The summed E-state index contributed by atoms with van der Waals surface area (Å²) in [5.41, 5.74) is -0.258. The molecule has 1 saturated carbocycles. The van der Waals surface area contributed by atoms with E-state index in [1.54, 1.807) is 6.20 Å². The van der Waals surface area contributed by atoms with E-state index in [0.29, 0.717) is 41.9 Å². The van der Waals surface area contributed by atoms with Crippen molar-refractivity contribution in [2.45, 2.75) is 38.0 Å². The van der Waals surface area contributed by atoms with E-state index < -0.39 is 24.8 Å². The highest BCUT2D eigenvalue weighted by atomic mass is 19.4. The van der Waals surface area contributed by atoms with Gasteiger partial charge in [-0.2, -0.15) is 18.3 Å². The van der Waals surface area contributed by atoms with Crippen molar-refractivity contribution in [3.63, 3.8) is 0 Å². The van der Waals surface area contributed by atoms with Crippen LogP contribution in [0.3, 0.4) is 0 Å². The SMILES string of the molecule is FC(F)Cn1ncc2ncc(NC3CC4CN(c5cncc(C(F)(F)F)n5)CC4C3)nc21. The molecule has 4 heterocycles. The first-order valence-corrected chi connectivity index (χ1v) is 10.1. The van der Waals surface area contributed by atoms with Crippen molar-refractivity contribution >= 4 is 22.8 Å². The van der Waals surface area contributed by atoms with Crippen molar-refractivity contribution in [3.8, 4) is 0 Å². The molecule has 2 aliphatic rings. The lowest BCUT2D eigenvalue weighted by molar-refractivity contribution is -0.141. The van der Waals surface area contributed by atoms with Gasteiger partial charge in [-0.1, -0.05) is 0 Å². The molecule has 2 atom stereocenters. The van der Waals surface area contributed by atoms with Crippen molar-refractivity contribution in [2.75, 3.05) is 23.3 Å². The zero-order valence-electron chi connectivity index (χ0n) is 16.7. The van der Waals surface area contributed by atoms with E-state index in [4.69, 9.17) is 0 Å². The molecular weight excluding hydrogens is 435 g/mol. The van der Waals surface area contributed by atoms with Crippen LogP contribution in [0.1, 0.15) is 18.5 Å². The highest BCUT2D eigenvalue weighted by Gasteiger charge is 2.42. The van der Waals surface area contributed by atoms with Crippen LogP contribution >= 0.6 is 0 Å². The maximum Gasteiger partial charge on any atom is 0.434 e. The fourth-order valence-corrected chi connectivity index (χ4v) is 4.64. The number of anilines is 2. The molecular formula is C19H19F5N8. The van der Waals surface area contributed by atoms with E-state index in [2.05, 4.69) is 30.4 Å². The minimum Gasteiger partial charge on any atom is -0.366 e. The van der Waals surface area contributed by atoms with Crippen molar-refractivity contribution < 1.29 is 22.0 Å². The normalized spacial score (nSPS) is 23.3. The van der Waals surface area contributed by atoms with Crippen LogP contribution in [0.2, 0.25) is 0 Å². The molecule has 13 heteroatoms. The zero-order valence-corrected chi connectivity index (χ0v) is 16.7. The zero-order chi connectivity index (χ0) is 22.5. The number of fused-ring (bicyclic) bond motifs is 2. The summed E-state index contributed by atoms with van der Waals surface area (Å²) in [4.78, 5) is 17.9. The maximum absolute atomic E-state index is 12.9. The van der Waals surface area contributed by atoms with Gasteiger partial charge in [-0.05, 0) is 24.7 Å². The largest absolute Gasteiger partial charge is 0.434 e. The first-order valence-electron chi connectivity index (χ1n) is 10.1. The predicted molar refractivity (Wildman–Crippen MR) is 104 cm³/mol. The number of nitrogens with zero attached hydrogens (tertiary/aromatic N) is 7. The second kappa shape index (κ2) is 7.78. The highest BCUT2D eigenvalue weighted by molar-refractivity contribution is 5.71. The van der Waals surface area contributed by atoms with Gasteiger partial charge in [0, 0.05) is 19.1 Å². The summed E-state index contributed by atoms with van der Waals surface area (Å²) in [5.74, 6) is 1.32. The van der Waals surface area contributed by atoms with E-state index in [1.165, 1.54) is 12.4 Å². The third-order valence-electron chi connectivity index (χ3n) is 6.00. The number of rotatable bonds is 5. The molecule has 8 nitrogen and oxygen atoms in total. The highest BCUT2D eigenvalue weighted by Crippen LogP contribution is 2.40. The summed E-state index contributed by atoms with van der Waals surface area (Å²) in [6.45, 7) is 0.652. The fraction of sp³-hybridized carbons (Fsp3) is 0.526. The molecule has 2 fully saturated rings. The topological polar surface area (TPSA) is 84.7 Å². The van der Waals surface area contributed by atoms with Gasteiger partial charge in [0.1, 0.15) is 23.7 Å². The molecule has 5 rings (SSSR count). The molecule has 32 heavy (non-hydrogen) atoms. The van der Waals surface area contributed by atoms with Crippen LogP contribution < -0.4 is 10.2 Å². The van der Waals surface area contributed by atoms with Crippen LogP contribution in [0, 0.1) is 11.8 Å². The van der Waals surface area contributed by atoms with Gasteiger partial charge in [0.15, 0.2) is 11.3 Å². The van der Waals surface area contributed by atoms with Gasteiger partial charge in [-0.15, -0.1) is 0 Å². The van der Waals surface area contributed by atoms with Gasteiger partial charge in [0.25, 0.3) is 6.43 Å². The molecule has 2 unspecified atom stereocenters. The summed E-state index contributed by atoms with van der Waals surface area (Å²) >= 11 is 0. The minimum absolute atomic E-state index is 0.109. The standard InChI is InChI=1S/C19H19F5N8/c20-15(21)9-32-18-13(3-27-32)26-5-16(30-18)28-12-1-10-7-31(8-11(10)2-12)17-6-25-4-14(29-17)19(22,23)24/h3-6,10-12,15H,1-2,7-9H2,(H,28,30). The van der Waals surface area contributed by atoms with Crippen LogP contribution in [0.15, 0.2) is 24.8 Å². The summed E-state index contributed by atoms with van der Waals surface area (Å²) in [5, 5.41) is 7.23. The lowest BCUT2D eigenvalue weighted by Gasteiger charge is -2.21. The molecule has 0 radical (unpaired) electrons. The van der Waals surface area contributed by atoms with Crippen LogP contribution in [0.25, 0.3) is 11.2 Å². The van der Waals surface area contributed by atoms with Crippen molar-refractivity contribution in [1.29, 1.82) is 0 Å². The molecule has 0 aromatic carbocycles. The second-order valence-electron chi connectivity index (χ2n) is 8.18. The van der Waals surface area contributed by atoms with Gasteiger partial charge < -0.3 is 10.2 Å². The fourth-order valence-electron chi connectivity index (χ4n) is 4.64. The molecule has 170 valence electrons. The molecule has 3 aromatic heterocycles. The Bertz CT molecular complexity index is 1100. The van der Waals surface area contributed by atoms with Crippen LogP contribution in [-0.4, -0.2) is 55.3 Å². The van der Waals surface area contributed by atoms with Crippen LogP contribution in [0.5, 0.6) is 0 Å². The van der Waals surface area contributed by atoms with Crippen molar-refractivity contribution in [3.05, 3.63) is 30.5 Å². The summed E-state index contributed by atoms with van der Waals surface area (Å²) in [6.07, 6.45) is -0.414. The minimum atomic E-state index is -4.53. The number of hydrogen-bond acceptors (Lipinski definition) is 7. The molecule has 1 N–H and O–H groups in total. The van der Waals surface area contributed by atoms with Crippen molar-refractivity contribution in [2.24, 2.45) is 11.8 Å². The van der Waals surface area contributed by atoms with Gasteiger partial charge in [-0.3, -0.25) is 4.98 Å². The van der Waals surface area contributed by atoms with Crippen LogP contribution in [0.4, 0.5) is 33.6 Å². The lowest BCUT2D eigenvalue weighted by atomic mass is 10.0. The number of alkyl halides is 5. The Balaban J connectivity index is 1.23. The summed E-state index contributed by atoms with van der Waals surface area (Å²) in [6, 6.07) is 0.109. The smallest absolute Gasteiger partial charge is 0.366 e. The number of nitrogens with one attached hydrogen (secondary N) is 1. The van der Waals surface area contributed by atoms with E-state index in [9.17, 15) is 22.0 Å². The monoisotopic (exact) mass is 454 g/mol. The van der Waals surface area contributed by atoms with E-state index in [0.717, 1.165) is 23.7 Å². The van der Waals surface area contributed by atoms with Gasteiger partial charge in [-0.25, -0.2) is 28.4 Å². The summed E-state index contributed by atoms with van der Waals surface area (Å²) < 4.78 is 65.4. The first-order chi connectivity index (χ1) is 15.3. The molecule has 0 amide bonds. The molecule has 1 saturated heterocycles. The Kier molecular flexibility index (Phi) is 5.05. The maximum atomic E-state index is 12.9. The average Bonchev–Trinajstić information content (AvgIpc) is 3.41. The number of aromatic nitrogens is 6. The average molecular weight is 454 g/mol. The quantitative estimate of drug-likeness (QED) is 0.593. The Morgan fingerprint density at radius 3 is 2.47 bits per heavy atom. The molecule has 0 spiro atoms. The Labute approximate surface area is 178 Å². The van der Waals surface area contributed by atoms with E-state index in [1.807, 2.05) is 4.90 Å². The Morgan fingerprint density at radius 1 is 1.03 bits per heavy atom. The molecule has 1 aliphatic heterocycles. The van der Waals surface area contributed by atoms with Gasteiger partial charge in [0.05, 0.1) is 24.8 Å². The van der Waals surface area contributed by atoms with Gasteiger partial charge >= 0.3 is 6.18 Å². The Morgan fingerprint density at radius 2 is 1.78 bits per heavy atom. The van der Waals surface area contributed by atoms with Gasteiger partial charge in [0.2, 0.25) is 0 Å². The van der Waals surface area contributed by atoms with E-state index in [-0.39, 0.29) is 11.9 Å². The first kappa shape index (κ1) is 20.8. The second-order valence-corrected chi connectivity index (χ2v) is 8.18. The third kappa shape index (κ3) is 4.02. The Hall–Kier alpha value is -3.12. The summed E-state index contributed by atoms with van der Waals surface area (Å²) in [7, 11) is 0. The third-order valence-corrected chi connectivity index (χ3v) is 6.00. The molecule has 3 aromatic rings. The number of halogens is 5.